The van der Waals surface area contributed by atoms with Crippen LogP contribution >= 0.6 is 0 Å². The highest BCUT2D eigenvalue weighted by Crippen LogP contribution is 2.46. The molecule has 0 N–H and O–H groups in total. The first kappa shape index (κ1) is 41.9. The highest BCUT2D eigenvalue weighted by Gasteiger charge is 2.48. The third-order valence-corrected chi connectivity index (χ3v) is 7.22. The van der Waals surface area contributed by atoms with E-state index in [0.717, 1.165) is 11.0 Å². The predicted octanol–water partition coefficient (Wildman–Crippen LogP) is 7.96. The summed E-state index contributed by atoms with van der Waals surface area (Å²) in [5, 5.41) is 0. The number of nitrogens with zero attached hydrogens (tertiary/aromatic N) is 3. The Balaban J connectivity index is 2.28. The molecule has 0 saturated heterocycles. The van der Waals surface area contributed by atoms with E-state index in [-0.39, 0.29) is 42.3 Å². The SMILES string of the molecule is CCCN(C[C@H]1Cc2c(cc(OCc3ccccc3)c(N(CC(=O)OC(C)(C)C)C(=O)C(F)(F)F)c2F)N1C(=O)OC(C)(C)C)C(=O)OC(C)(C)C. The predicted molar refractivity (Wildman–Crippen MR) is 186 cm³/mol. The van der Waals surface area contributed by atoms with Gasteiger partial charge in [-0.25, -0.2) is 14.0 Å². The minimum atomic E-state index is -5.54. The zero-order valence-electron chi connectivity index (χ0n) is 31.4. The van der Waals surface area contributed by atoms with Gasteiger partial charge >= 0.3 is 30.2 Å². The Labute approximate surface area is 302 Å². The van der Waals surface area contributed by atoms with E-state index in [9.17, 15) is 32.3 Å². The molecule has 1 aliphatic heterocycles. The molecular formula is C37H49F4N3O8. The second-order valence-electron chi connectivity index (χ2n) is 15.4. The van der Waals surface area contributed by atoms with Crippen molar-refractivity contribution in [3.05, 3.63) is 53.3 Å². The van der Waals surface area contributed by atoms with E-state index in [2.05, 4.69) is 0 Å². The third kappa shape index (κ3) is 11.5. The number of fused-ring (bicyclic) bond motifs is 1. The lowest BCUT2D eigenvalue weighted by molar-refractivity contribution is -0.171. The van der Waals surface area contributed by atoms with Crippen molar-refractivity contribution in [3.8, 4) is 5.75 Å². The van der Waals surface area contributed by atoms with Gasteiger partial charge < -0.3 is 23.8 Å². The molecule has 15 heteroatoms. The molecular weight excluding hydrogens is 690 g/mol. The fourth-order valence-electron chi connectivity index (χ4n) is 5.39. The van der Waals surface area contributed by atoms with Crippen LogP contribution in [0, 0.1) is 5.82 Å². The molecule has 1 atom stereocenters. The van der Waals surface area contributed by atoms with E-state index in [1.54, 1.807) is 71.9 Å². The van der Waals surface area contributed by atoms with Gasteiger partial charge in [-0.15, -0.1) is 0 Å². The van der Waals surface area contributed by atoms with Gasteiger partial charge in [0.15, 0.2) is 5.82 Å². The maximum absolute atomic E-state index is 17.1. The second kappa shape index (κ2) is 16.0. The first-order chi connectivity index (χ1) is 23.8. The van der Waals surface area contributed by atoms with Crippen molar-refractivity contribution in [2.45, 2.75) is 118 Å². The van der Waals surface area contributed by atoms with Crippen LogP contribution in [-0.2, 0) is 36.8 Å². The molecule has 288 valence electrons. The summed E-state index contributed by atoms with van der Waals surface area (Å²) in [5.74, 6) is -5.68. The van der Waals surface area contributed by atoms with Crippen LogP contribution in [0.5, 0.6) is 5.75 Å². The van der Waals surface area contributed by atoms with E-state index in [4.69, 9.17) is 18.9 Å². The van der Waals surface area contributed by atoms with Crippen molar-refractivity contribution in [2.24, 2.45) is 0 Å². The molecule has 0 radical (unpaired) electrons. The number of alkyl halides is 3. The van der Waals surface area contributed by atoms with Crippen molar-refractivity contribution in [3.63, 3.8) is 0 Å². The lowest BCUT2D eigenvalue weighted by atomic mass is 10.1. The molecule has 11 nitrogen and oxygen atoms in total. The molecule has 52 heavy (non-hydrogen) atoms. The van der Waals surface area contributed by atoms with E-state index in [1.165, 1.54) is 25.7 Å². The van der Waals surface area contributed by atoms with Crippen molar-refractivity contribution >= 4 is 35.4 Å². The lowest BCUT2D eigenvalue weighted by Crippen LogP contribution is -2.49. The fraction of sp³-hybridized carbons (Fsp3) is 0.568. The number of rotatable bonds is 10. The number of hydrogen-bond donors (Lipinski definition) is 0. The van der Waals surface area contributed by atoms with Gasteiger partial charge in [-0.1, -0.05) is 37.3 Å². The quantitative estimate of drug-likeness (QED) is 0.137. The molecule has 1 aliphatic rings. The standard InChI is InChI=1S/C37H49F4N3O8/c1-11-17-42(32(47)51-35(5,6)7)20-24-18-25-26(44(24)33(48)52-36(8,9)10)19-27(49-22-23-15-13-12-14-16-23)30(29(25)38)43(31(46)37(39,40)41)21-28(45)50-34(2,3)4/h12-16,19,24H,11,17-18,20-22H2,1-10H3/t24-/m1/s1. The van der Waals surface area contributed by atoms with Gasteiger partial charge in [-0.3, -0.25) is 19.4 Å². The lowest BCUT2D eigenvalue weighted by Gasteiger charge is -2.33. The number of ether oxygens (including phenoxy) is 4. The molecule has 0 fully saturated rings. The highest BCUT2D eigenvalue weighted by atomic mass is 19.4. The third-order valence-electron chi connectivity index (χ3n) is 7.22. The molecule has 1 heterocycles. The molecule has 3 amide bonds. The summed E-state index contributed by atoms with van der Waals surface area (Å²) >= 11 is 0. The molecule has 3 rings (SSSR count). The molecule has 0 aliphatic carbocycles. The number of amides is 3. The number of anilines is 2. The molecule has 0 bridgehead atoms. The molecule has 0 unspecified atom stereocenters. The van der Waals surface area contributed by atoms with Crippen LogP contribution in [0.25, 0.3) is 0 Å². The highest BCUT2D eigenvalue weighted by molar-refractivity contribution is 6.03. The number of hydrogen-bond acceptors (Lipinski definition) is 8. The molecule has 2 aromatic carbocycles. The number of benzene rings is 2. The van der Waals surface area contributed by atoms with Gasteiger partial charge in [0.1, 0.15) is 41.4 Å². The van der Waals surface area contributed by atoms with Crippen LogP contribution in [0.1, 0.15) is 86.8 Å². The minimum Gasteiger partial charge on any atom is -0.487 e. The maximum atomic E-state index is 17.1. The normalized spacial score (nSPS) is 14.7. The maximum Gasteiger partial charge on any atom is 0.471 e. The van der Waals surface area contributed by atoms with Crippen molar-refractivity contribution in [1.82, 2.24) is 4.90 Å². The van der Waals surface area contributed by atoms with Gasteiger partial charge in [-0.05, 0) is 74.3 Å². The summed E-state index contributed by atoms with van der Waals surface area (Å²) in [5.41, 5.74) is -3.82. The first-order valence-corrected chi connectivity index (χ1v) is 16.9. The Morgan fingerprint density at radius 2 is 1.44 bits per heavy atom. The summed E-state index contributed by atoms with van der Waals surface area (Å²) in [6.07, 6.45) is -6.96. The van der Waals surface area contributed by atoms with Crippen LogP contribution < -0.4 is 14.5 Å². The Kier molecular flexibility index (Phi) is 12.9. The van der Waals surface area contributed by atoms with E-state index in [1.807, 2.05) is 6.92 Å². The minimum absolute atomic E-state index is 0.0563. The zero-order chi connectivity index (χ0) is 39.4. The van der Waals surface area contributed by atoms with Gasteiger partial charge in [0, 0.05) is 31.1 Å². The van der Waals surface area contributed by atoms with Crippen LogP contribution in [0.15, 0.2) is 36.4 Å². The Bertz CT molecular complexity index is 1610. The van der Waals surface area contributed by atoms with Crippen molar-refractivity contribution in [2.75, 3.05) is 29.4 Å². The Morgan fingerprint density at radius 1 is 0.865 bits per heavy atom. The Hall–Kier alpha value is -4.56. The summed E-state index contributed by atoms with van der Waals surface area (Å²) in [6, 6.07) is 8.57. The number of carbonyl (C=O) groups is 4. The largest absolute Gasteiger partial charge is 0.487 e. The van der Waals surface area contributed by atoms with Crippen molar-refractivity contribution in [1.29, 1.82) is 0 Å². The summed E-state index contributed by atoms with van der Waals surface area (Å²) in [7, 11) is 0. The number of halogens is 4. The molecule has 0 spiro atoms. The van der Waals surface area contributed by atoms with Crippen LogP contribution in [0.2, 0.25) is 0 Å². The van der Waals surface area contributed by atoms with Gasteiger partial charge in [0.05, 0.1) is 11.7 Å². The average Bonchev–Trinajstić information content (AvgIpc) is 3.34. The van der Waals surface area contributed by atoms with Gasteiger partial charge in [0.25, 0.3) is 0 Å². The van der Waals surface area contributed by atoms with Gasteiger partial charge in [0.2, 0.25) is 0 Å². The second-order valence-corrected chi connectivity index (χ2v) is 15.4. The van der Waals surface area contributed by atoms with Gasteiger partial charge in [-0.2, -0.15) is 13.2 Å². The Morgan fingerprint density at radius 3 is 1.96 bits per heavy atom. The summed E-state index contributed by atoms with van der Waals surface area (Å²) in [4.78, 5) is 55.4. The summed E-state index contributed by atoms with van der Waals surface area (Å²) < 4.78 is 81.9. The fourth-order valence-corrected chi connectivity index (χ4v) is 5.39. The number of esters is 1. The molecule has 0 aromatic heterocycles. The van der Waals surface area contributed by atoms with Crippen LogP contribution in [0.3, 0.4) is 0 Å². The van der Waals surface area contributed by atoms with Crippen LogP contribution in [0.4, 0.5) is 38.5 Å². The van der Waals surface area contributed by atoms with Crippen LogP contribution in [-0.4, -0.2) is 77.6 Å². The molecule has 0 saturated carbocycles. The molecule has 2 aromatic rings. The number of carbonyl (C=O) groups excluding carboxylic acids is 4. The van der Waals surface area contributed by atoms with Crippen molar-refractivity contribution < 1.29 is 55.7 Å². The smallest absolute Gasteiger partial charge is 0.471 e. The van der Waals surface area contributed by atoms with E-state index in [0.29, 0.717) is 12.0 Å². The average molecular weight is 740 g/mol. The first-order valence-electron chi connectivity index (χ1n) is 16.9. The van der Waals surface area contributed by atoms with E-state index >= 15 is 4.39 Å². The monoisotopic (exact) mass is 739 g/mol. The topological polar surface area (TPSA) is 115 Å². The van der Waals surface area contributed by atoms with E-state index < -0.39 is 76.9 Å². The zero-order valence-corrected chi connectivity index (χ0v) is 31.4. The summed E-state index contributed by atoms with van der Waals surface area (Å²) in [6.45, 7) is 14.6.